The number of rotatable bonds is 4. The van der Waals surface area contributed by atoms with Gasteiger partial charge in [-0.1, -0.05) is 0 Å². The maximum atomic E-state index is 4.03. The first-order chi connectivity index (χ1) is 8.40. The van der Waals surface area contributed by atoms with Gasteiger partial charge in [-0.3, -0.25) is 0 Å². The summed E-state index contributed by atoms with van der Waals surface area (Å²) in [6.07, 6.45) is 9.62. The summed E-state index contributed by atoms with van der Waals surface area (Å²) in [4.78, 5) is 9.67. The monoisotopic (exact) mass is 229 g/mol. The fourth-order valence-corrected chi connectivity index (χ4v) is 1.96. The average molecular weight is 229 g/mol. The van der Waals surface area contributed by atoms with Crippen LogP contribution in [0.3, 0.4) is 0 Å². The molecule has 1 aliphatic rings. The molecule has 0 spiro atoms. The van der Waals surface area contributed by atoms with E-state index < -0.39 is 0 Å². The number of aromatic amines is 1. The summed E-state index contributed by atoms with van der Waals surface area (Å²) < 4.78 is 2.05. The Hall–Kier alpha value is -2.17. The molecular weight excluding hydrogens is 214 g/mol. The summed E-state index contributed by atoms with van der Waals surface area (Å²) in [5.74, 6) is 0. The summed E-state index contributed by atoms with van der Waals surface area (Å²) in [6.45, 7) is 2.64. The summed E-state index contributed by atoms with van der Waals surface area (Å²) >= 11 is 0. The lowest BCUT2D eigenvalue weighted by molar-refractivity contribution is 0.380. The third-order valence-corrected chi connectivity index (χ3v) is 2.79. The fourth-order valence-electron chi connectivity index (χ4n) is 1.96. The highest BCUT2D eigenvalue weighted by atomic mass is 15.2. The number of nitrogens with one attached hydrogen (secondary N) is 2. The van der Waals surface area contributed by atoms with Gasteiger partial charge in [0.1, 0.15) is 0 Å². The molecule has 0 aromatic carbocycles. The molecule has 3 heterocycles. The van der Waals surface area contributed by atoms with E-state index in [1.54, 1.807) is 6.20 Å². The van der Waals surface area contributed by atoms with Crippen molar-refractivity contribution in [3.05, 3.63) is 54.6 Å². The van der Waals surface area contributed by atoms with E-state index in [0.29, 0.717) is 0 Å². The highest BCUT2D eigenvalue weighted by molar-refractivity contribution is 5.14. The van der Waals surface area contributed by atoms with E-state index in [1.165, 1.54) is 11.4 Å². The first-order valence-electron chi connectivity index (χ1n) is 5.67. The third kappa shape index (κ3) is 2.33. The Bertz CT molecular complexity index is 497. The molecule has 2 aromatic heterocycles. The first kappa shape index (κ1) is 10.0. The molecule has 0 fully saturated rings. The lowest BCUT2D eigenvalue weighted by atomic mass is 10.4. The molecule has 0 bridgehead atoms. The van der Waals surface area contributed by atoms with Crippen LogP contribution in [-0.2, 0) is 13.1 Å². The first-order valence-corrected chi connectivity index (χ1v) is 5.67. The van der Waals surface area contributed by atoms with Gasteiger partial charge >= 0.3 is 0 Å². The molecule has 0 saturated heterocycles. The lowest BCUT2D eigenvalue weighted by Gasteiger charge is -2.13. The molecule has 0 radical (unpaired) electrons. The molecule has 0 atom stereocenters. The second-order valence-electron chi connectivity index (χ2n) is 4.17. The van der Waals surface area contributed by atoms with Gasteiger partial charge in [0.25, 0.3) is 0 Å². The van der Waals surface area contributed by atoms with Crippen LogP contribution in [0.1, 0.15) is 11.4 Å². The second kappa shape index (κ2) is 4.37. The van der Waals surface area contributed by atoms with Crippen LogP contribution in [0, 0.1) is 0 Å². The number of hydrogen-bond donors (Lipinski definition) is 2. The molecule has 0 unspecified atom stereocenters. The molecule has 3 rings (SSSR count). The Morgan fingerprint density at radius 3 is 2.82 bits per heavy atom. The topological polar surface area (TPSA) is 48.9 Å². The highest BCUT2D eigenvalue weighted by Crippen LogP contribution is 2.08. The fraction of sp³-hybridized carbons (Fsp3) is 0.250. The lowest BCUT2D eigenvalue weighted by Crippen LogP contribution is -2.20. The maximum Gasteiger partial charge on any atom is 0.0949 e. The van der Waals surface area contributed by atoms with E-state index in [4.69, 9.17) is 0 Å². The minimum atomic E-state index is 0.841. The van der Waals surface area contributed by atoms with Gasteiger partial charge in [-0.25, -0.2) is 4.98 Å². The van der Waals surface area contributed by atoms with Crippen molar-refractivity contribution in [1.29, 1.82) is 0 Å². The number of imidazole rings is 1. The van der Waals surface area contributed by atoms with Gasteiger partial charge in [-0.05, 0) is 12.1 Å². The van der Waals surface area contributed by atoms with Crippen LogP contribution in [0.25, 0.3) is 0 Å². The van der Waals surface area contributed by atoms with E-state index >= 15 is 0 Å². The van der Waals surface area contributed by atoms with Crippen LogP contribution in [0.15, 0.2) is 43.3 Å². The van der Waals surface area contributed by atoms with Gasteiger partial charge in [0, 0.05) is 36.2 Å². The standard InChI is InChI=1S/C12H15N5/c1-2-12(8-17-6-4-14-10-17)15-11(1)7-16-5-3-13-9-16/h1-6,9,14-15H,7-8,10H2. The van der Waals surface area contributed by atoms with Crippen molar-refractivity contribution in [3.8, 4) is 0 Å². The third-order valence-electron chi connectivity index (χ3n) is 2.79. The molecule has 0 saturated carbocycles. The van der Waals surface area contributed by atoms with Gasteiger partial charge in [-0.2, -0.15) is 0 Å². The van der Waals surface area contributed by atoms with E-state index in [9.17, 15) is 0 Å². The zero-order valence-electron chi connectivity index (χ0n) is 9.50. The van der Waals surface area contributed by atoms with Crippen molar-refractivity contribution in [2.45, 2.75) is 13.1 Å². The number of nitrogens with zero attached hydrogens (tertiary/aromatic N) is 3. The summed E-state index contributed by atoms with van der Waals surface area (Å²) in [5, 5.41) is 3.15. The van der Waals surface area contributed by atoms with Crippen molar-refractivity contribution < 1.29 is 0 Å². The normalized spacial score (nSPS) is 14.2. The van der Waals surface area contributed by atoms with Crippen molar-refractivity contribution in [1.82, 2.24) is 24.8 Å². The zero-order chi connectivity index (χ0) is 11.5. The summed E-state index contributed by atoms with van der Waals surface area (Å²) in [5.41, 5.74) is 2.43. The van der Waals surface area contributed by atoms with Gasteiger partial charge in [-0.15, -0.1) is 0 Å². The smallest absolute Gasteiger partial charge is 0.0949 e. The van der Waals surface area contributed by atoms with Crippen LogP contribution < -0.4 is 5.32 Å². The Morgan fingerprint density at radius 1 is 1.24 bits per heavy atom. The molecule has 1 aliphatic heterocycles. The Morgan fingerprint density at radius 2 is 2.12 bits per heavy atom. The second-order valence-corrected chi connectivity index (χ2v) is 4.17. The number of hydrogen-bond acceptors (Lipinski definition) is 3. The molecule has 5 heteroatoms. The van der Waals surface area contributed by atoms with Crippen molar-refractivity contribution in [2.75, 3.05) is 6.67 Å². The predicted molar refractivity (Wildman–Crippen MR) is 64.8 cm³/mol. The van der Waals surface area contributed by atoms with Crippen molar-refractivity contribution >= 4 is 0 Å². The van der Waals surface area contributed by atoms with Gasteiger partial charge in [0.2, 0.25) is 0 Å². The van der Waals surface area contributed by atoms with E-state index in [1.807, 2.05) is 23.3 Å². The van der Waals surface area contributed by atoms with Gasteiger partial charge in [0.15, 0.2) is 0 Å². The SMILES string of the molecule is C1=CN(Cc2ccc(Cn3ccnc3)[nH]2)CN1. The molecule has 0 aliphatic carbocycles. The highest BCUT2D eigenvalue weighted by Gasteiger charge is 2.06. The molecule has 2 aromatic rings. The van der Waals surface area contributed by atoms with Crippen LogP contribution in [0.5, 0.6) is 0 Å². The number of aromatic nitrogens is 3. The molecule has 5 nitrogen and oxygen atoms in total. The molecular formula is C12H15N5. The van der Waals surface area contributed by atoms with Crippen LogP contribution in [0.2, 0.25) is 0 Å². The van der Waals surface area contributed by atoms with Crippen molar-refractivity contribution in [3.63, 3.8) is 0 Å². The molecule has 2 N–H and O–H groups in total. The maximum absolute atomic E-state index is 4.03. The van der Waals surface area contributed by atoms with Gasteiger partial charge in [0.05, 0.1) is 26.1 Å². The Labute approximate surface area is 99.8 Å². The predicted octanol–water partition coefficient (Wildman–Crippen LogP) is 1.09. The number of H-pyrrole nitrogens is 1. The largest absolute Gasteiger partial charge is 0.373 e. The van der Waals surface area contributed by atoms with Gasteiger partial charge < -0.3 is 19.8 Å². The van der Waals surface area contributed by atoms with E-state index in [-0.39, 0.29) is 0 Å². The summed E-state index contributed by atoms with van der Waals surface area (Å²) in [7, 11) is 0. The average Bonchev–Trinajstić information content (AvgIpc) is 3.02. The van der Waals surface area contributed by atoms with E-state index in [2.05, 4.69) is 38.5 Å². The van der Waals surface area contributed by atoms with E-state index in [0.717, 1.165) is 19.8 Å². The van der Waals surface area contributed by atoms with Crippen LogP contribution >= 0.6 is 0 Å². The minimum Gasteiger partial charge on any atom is -0.373 e. The molecule has 0 amide bonds. The molecule has 88 valence electrons. The quantitative estimate of drug-likeness (QED) is 0.825. The Kier molecular flexibility index (Phi) is 2.57. The summed E-state index contributed by atoms with van der Waals surface area (Å²) in [6, 6.07) is 4.26. The Balaban J connectivity index is 1.63. The van der Waals surface area contributed by atoms with Crippen LogP contribution in [-0.4, -0.2) is 26.1 Å². The van der Waals surface area contributed by atoms with Crippen LogP contribution in [0.4, 0.5) is 0 Å². The minimum absolute atomic E-state index is 0.841. The zero-order valence-corrected chi connectivity index (χ0v) is 9.50. The van der Waals surface area contributed by atoms with Crippen molar-refractivity contribution in [2.24, 2.45) is 0 Å². The molecule has 17 heavy (non-hydrogen) atoms.